The minimum absolute atomic E-state index is 0.0753. The predicted molar refractivity (Wildman–Crippen MR) is 83.1 cm³/mol. The fraction of sp³-hybridized carbons (Fsp3) is 0.750. The maximum absolute atomic E-state index is 11.6. The number of hydrogen-bond donors (Lipinski definition) is 2. The zero-order valence-corrected chi connectivity index (χ0v) is 13.3. The molecule has 4 heteroatoms. The maximum atomic E-state index is 11.6. The second kappa shape index (κ2) is 5.23. The van der Waals surface area contributed by atoms with Crippen molar-refractivity contribution in [2.45, 2.75) is 66.3 Å². The van der Waals surface area contributed by atoms with Crippen molar-refractivity contribution in [2.24, 2.45) is 10.8 Å². The number of nitrogens with zero attached hydrogens (tertiary/aromatic N) is 1. The van der Waals surface area contributed by atoms with E-state index in [9.17, 15) is 4.79 Å². The van der Waals surface area contributed by atoms with E-state index in [1.54, 1.807) is 6.07 Å². The molecule has 0 amide bonds. The van der Waals surface area contributed by atoms with Crippen molar-refractivity contribution in [1.29, 1.82) is 0 Å². The van der Waals surface area contributed by atoms with Crippen molar-refractivity contribution in [2.75, 3.05) is 5.32 Å². The van der Waals surface area contributed by atoms with Crippen LogP contribution in [0.25, 0.3) is 0 Å². The number of H-pyrrole nitrogens is 1. The standard InChI is InChI=1S/C16H27N3O/c1-6-12-18-13(7-14(20)19-12)17-11-8-15(2,3)10-16(4,5)9-11/h7,11H,6,8-10H2,1-5H3,(H2,17,18,19,20). The van der Waals surface area contributed by atoms with Crippen molar-refractivity contribution >= 4 is 5.82 Å². The molecule has 0 atom stereocenters. The molecular formula is C16H27N3O. The van der Waals surface area contributed by atoms with Crippen LogP contribution in [0.2, 0.25) is 0 Å². The van der Waals surface area contributed by atoms with Crippen LogP contribution in [0.15, 0.2) is 10.9 Å². The monoisotopic (exact) mass is 277 g/mol. The van der Waals surface area contributed by atoms with Crippen LogP contribution in [-0.4, -0.2) is 16.0 Å². The van der Waals surface area contributed by atoms with E-state index in [0.717, 1.165) is 25.1 Å². The molecule has 112 valence electrons. The van der Waals surface area contributed by atoms with Gasteiger partial charge in [0.2, 0.25) is 0 Å². The molecule has 1 saturated carbocycles. The summed E-state index contributed by atoms with van der Waals surface area (Å²) in [6.45, 7) is 11.3. The predicted octanol–water partition coefficient (Wildman–Crippen LogP) is 3.35. The van der Waals surface area contributed by atoms with Crippen LogP contribution in [0, 0.1) is 10.8 Å². The number of rotatable bonds is 3. The average Bonchev–Trinajstić information content (AvgIpc) is 2.23. The van der Waals surface area contributed by atoms with Crippen molar-refractivity contribution in [3.05, 3.63) is 22.2 Å². The average molecular weight is 277 g/mol. The molecule has 0 radical (unpaired) electrons. The van der Waals surface area contributed by atoms with Crippen molar-refractivity contribution in [3.8, 4) is 0 Å². The van der Waals surface area contributed by atoms with E-state index in [-0.39, 0.29) is 5.56 Å². The summed E-state index contributed by atoms with van der Waals surface area (Å²) in [5.41, 5.74) is 0.580. The second-order valence-corrected chi connectivity index (χ2v) is 7.69. The molecule has 1 aromatic heterocycles. The molecule has 1 aromatic rings. The number of aromatic amines is 1. The zero-order chi connectivity index (χ0) is 15.0. The lowest BCUT2D eigenvalue weighted by molar-refractivity contribution is 0.105. The molecule has 0 spiro atoms. The third kappa shape index (κ3) is 3.84. The Balaban J connectivity index is 2.17. The molecular weight excluding hydrogens is 250 g/mol. The normalized spacial score (nSPS) is 21.6. The number of aromatic nitrogens is 2. The molecule has 2 rings (SSSR count). The first kappa shape index (κ1) is 15.1. The highest BCUT2D eigenvalue weighted by molar-refractivity contribution is 5.34. The van der Waals surface area contributed by atoms with Gasteiger partial charge in [-0.1, -0.05) is 34.6 Å². The molecule has 0 aromatic carbocycles. The molecule has 2 N–H and O–H groups in total. The Morgan fingerprint density at radius 1 is 1.30 bits per heavy atom. The largest absolute Gasteiger partial charge is 0.367 e. The minimum atomic E-state index is -0.0753. The highest BCUT2D eigenvalue weighted by Gasteiger charge is 2.38. The van der Waals surface area contributed by atoms with E-state index in [1.165, 1.54) is 6.42 Å². The van der Waals surface area contributed by atoms with Gasteiger partial charge in [0, 0.05) is 18.5 Å². The first-order chi connectivity index (χ1) is 9.19. The Bertz CT molecular complexity index is 515. The van der Waals surface area contributed by atoms with Crippen LogP contribution in [-0.2, 0) is 6.42 Å². The van der Waals surface area contributed by atoms with Crippen molar-refractivity contribution in [1.82, 2.24) is 9.97 Å². The van der Waals surface area contributed by atoms with Gasteiger partial charge in [-0.3, -0.25) is 4.79 Å². The number of anilines is 1. The summed E-state index contributed by atoms with van der Waals surface area (Å²) < 4.78 is 0. The topological polar surface area (TPSA) is 57.8 Å². The number of nitrogens with one attached hydrogen (secondary N) is 2. The van der Waals surface area contributed by atoms with Gasteiger partial charge in [0.15, 0.2) is 0 Å². The molecule has 1 aliphatic rings. The molecule has 20 heavy (non-hydrogen) atoms. The lowest BCUT2D eigenvalue weighted by Gasteiger charge is -2.45. The van der Waals surface area contributed by atoms with Crippen molar-refractivity contribution < 1.29 is 0 Å². The summed E-state index contributed by atoms with van der Waals surface area (Å²) in [6, 6.07) is 1.95. The summed E-state index contributed by atoms with van der Waals surface area (Å²) in [6.07, 6.45) is 4.21. The van der Waals surface area contributed by atoms with Crippen LogP contribution < -0.4 is 10.9 Å². The zero-order valence-electron chi connectivity index (χ0n) is 13.3. The Morgan fingerprint density at radius 3 is 2.45 bits per heavy atom. The smallest absolute Gasteiger partial charge is 0.252 e. The summed E-state index contributed by atoms with van der Waals surface area (Å²) in [5.74, 6) is 1.46. The summed E-state index contributed by atoms with van der Waals surface area (Å²) in [7, 11) is 0. The molecule has 0 aliphatic heterocycles. The van der Waals surface area contributed by atoms with Crippen LogP contribution in [0.5, 0.6) is 0 Å². The Hall–Kier alpha value is -1.32. The number of hydrogen-bond acceptors (Lipinski definition) is 3. The van der Waals surface area contributed by atoms with E-state index in [2.05, 4.69) is 43.0 Å². The fourth-order valence-corrected chi connectivity index (χ4v) is 3.91. The summed E-state index contributed by atoms with van der Waals surface area (Å²) in [5, 5.41) is 3.48. The molecule has 0 bridgehead atoms. The van der Waals surface area contributed by atoms with Crippen LogP contribution in [0.3, 0.4) is 0 Å². The third-order valence-electron chi connectivity index (χ3n) is 4.03. The Kier molecular flexibility index (Phi) is 3.94. The molecule has 1 aliphatic carbocycles. The first-order valence-corrected chi connectivity index (χ1v) is 7.56. The van der Waals surface area contributed by atoms with Gasteiger partial charge in [0.1, 0.15) is 11.6 Å². The Morgan fingerprint density at radius 2 is 1.90 bits per heavy atom. The molecule has 1 heterocycles. The SMILES string of the molecule is CCc1nc(NC2CC(C)(C)CC(C)(C)C2)cc(=O)[nH]1. The highest BCUT2D eigenvalue weighted by atomic mass is 16.1. The molecule has 4 nitrogen and oxygen atoms in total. The van der Waals surface area contributed by atoms with Gasteiger partial charge in [-0.15, -0.1) is 0 Å². The van der Waals surface area contributed by atoms with E-state index >= 15 is 0 Å². The van der Waals surface area contributed by atoms with Crippen LogP contribution in [0.4, 0.5) is 5.82 Å². The van der Waals surface area contributed by atoms with E-state index in [4.69, 9.17) is 0 Å². The third-order valence-corrected chi connectivity index (χ3v) is 4.03. The van der Waals surface area contributed by atoms with E-state index < -0.39 is 0 Å². The summed E-state index contributed by atoms with van der Waals surface area (Å²) >= 11 is 0. The van der Waals surface area contributed by atoms with Gasteiger partial charge in [0.25, 0.3) is 5.56 Å². The quantitative estimate of drug-likeness (QED) is 0.890. The van der Waals surface area contributed by atoms with Crippen LogP contribution in [0.1, 0.15) is 59.7 Å². The lowest BCUT2D eigenvalue weighted by Crippen LogP contribution is -2.40. The van der Waals surface area contributed by atoms with Crippen molar-refractivity contribution in [3.63, 3.8) is 0 Å². The molecule has 0 unspecified atom stereocenters. The molecule has 0 saturated heterocycles. The van der Waals surface area contributed by atoms with Gasteiger partial charge in [-0.05, 0) is 30.1 Å². The van der Waals surface area contributed by atoms with Gasteiger partial charge < -0.3 is 10.3 Å². The lowest BCUT2D eigenvalue weighted by atomic mass is 9.63. The van der Waals surface area contributed by atoms with E-state index in [0.29, 0.717) is 22.7 Å². The highest BCUT2D eigenvalue weighted by Crippen LogP contribution is 2.46. The van der Waals surface area contributed by atoms with E-state index in [1.807, 2.05) is 6.92 Å². The van der Waals surface area contributed by atoms with Gasteiger partial charge in [-0.25, -0.2) is 4.98 Å². The van der Waals surface area contributed by atoms with Gasteiger partial charge in [0.05, 0.1) is 0 Å². The van der Waals surface area contributed by atoms with Gasteiger partial charge in [-0.2, -0.15) is 0 Å². The maximum Gasteiger partial charge on any atom is 0.252 e. The fourth-order valence-electron chi connectivity index (χ4n) is 3.91. The minimum Gasteiger partial charge on any atom is -0.367 e. The van der Waals surface area contributed by atoms with Gasteiger partial charge >= 0.3 is 0 Å². The summed E-state index contributed by atoms with van der Waals surface area (Å²) in [4.78, 5) is 18.9. The second-order valence-electron chi connectivity index (χ2n) is 7.69. The number of aryl methyl sites for hydroxylation is 1. The first-order valence-electron chi connectivity index (χ1n) is 7.56. The molecule has 1 fully saturated rings. The Labute approximate surface area is 121 Å². The van der Waals surface area contributed by atoms with Crippen LogP contribution >= 0.6 is 0 Å².